The molecule has 0 amide bonds. The monoisotopic (exact) mass is 403 g/mol. The maximum atomic E-state index is 10.1. The zero-order valence-electron chi connectivity index (χ0n) is 14.9. The minimum absolute atomic E-state index is 0.213. The molecule has 27 heavy (non-hydrogen) atoms. The number of thioether (sulfide) groups is 1. The average molecular weight is 404 g/mol. The van der Waals surface area contributed by atoms with Crippen LogP contribution in [0, 0.1) is 0 Å². The average Bonchev–Trinajstić information content (AvgIpc) is 3.14. The van der Waals surface area contributed by atoms with Crippen LogP contribution in [0.15, 0.2) is 58.9 Å². The standard InChI is InChI=1S/C19H21N3O3S2/c1-2-20-18-21-22-19(27-18)26-13-14(23)12-24-15-8-10-17(11-9-15)25-16-6-4-3-5-7-16/h3-11,14,23H,2,12-13H2,1H3,(H,20,21). The highest BCUT2D eigenvalue weighted by atomic mass is 32.2. The van der Waals surface area contributed by atoms with Gasteiger partial charge in [0.25, 0.3) is 0 Å². The highest BCUT2D eigenvalue weighted by Crippen LogP contribution is 2.26. The van der Waals surface area contributed by atoms with Crippen molar-refractivity contribution in [3.8, 4) is 17.2 Å². The van der Waals surface area contributed by atoms with Gasteiger partial charge in [-0.1, -0.05) is 41.3 Å². The number of hydrogen-bond donors (Lipinski definition) is 2. The maximum Gasteiger partial charge on any atom is 0.206 e. The van der Waals surface area contributed by atoms with E-state index in [0.29, 0.717) is 11.5 Å². The first-order chi connectivity index (χ1) is 13.2. The summed E-state index contributed by atoms with van der Waals surface area (Å²) in [6, 6.07) is 16.9. The second-order valence-corrected chi connectivity index (χ2v) is 7.81. The Balaban J connectivity index is 1.41. The molecule has 0 aliphatic heterocycles. The molecule has 6 nitrogen and oxygen atoms in total. The highest BCUT2D eigenvalue weighted by Gasteiger charge is 2.10. The van der Waals surface area contributed by atoms with Crippen molar-refractivity contribution in [2.75, 3.05) is 24.2 Å². The predicted molar refractivity (Wildman–Crippen MR) is 109 cm³/mol. The molecule has 3 rings (SSSR count). The summed E-state index contributed by atoms with van der Waals surface area (Å²) in [5.41, 5.74) is 0. The van der Waals surface area contributed by atoms with E-state index in [-0.39, 0.29) is 6.61 Å². The minimum Gasteiger partial charge on any atom is -0.491 e. The molecule has 8 heteroatoms. The van der Waals surface area contributed by atoms with Crippen molar-refractivity contribution in [3.63, 3.8) is 0 Å². The Bertz CT molecular complexity index is 813. The van der Waals surface area contributed by atoms with E-state index in [9.17, 15) is 5.11 Å². The summed E-state index contributed by atoms with van der Waals surface area (Å²) in [6.07, 6.45) is -0.596. The molecule has 2 aromatic carbocycles. The Hall–Kier alpha value is -2.29. The van der Waals surface area contributed by atoms with Gasteiger partial charge >= 0.3 is 0 Å². The molecule has 1 heterocycles. The van der Waals surface area contributed by atoms with Crippen molar-refractivity contribution < 1.29 is 14.6 Å². The van der Waals surface area contributed by atoms with Crippen LogP contribution < -0.4 is 14.8 Å². The second-order valence-electron chi connectivity index (χ2n) is 5.57. The first-order valence-electron chi connectivity index (χ1n) is 8.57. The van der Waals surface area contributed by atoms with E-state index in [4.69, 9.17) is 9.47 Å². The van der Waals surface area contributed by atoms with Crippen LogP contribution in [-0.2, 0) is 0 Å². The topological polar surface area (TPSA) is 76.5 Å². The molecule has 0 fully saturated rings. The van der Waals surface area contributed by atoms with Crippen LogP contribution in [0.3, 0.4) is 0 Å². The van der Waals surface area contributed by atoms with Crippen LogP contribution in [0.1, 0.15) is 6.92 Å². The molecule has 1 atom stereocenters. The molecular weight excluding hydrogens is 382 g/mol. The molecule has 0 aliphatic rings. The van der Waals surface area contributed by atoms with Gasteiger partial charge in [-0.25, -0.2) is 0 Å². The third kappa shape index (κ3) is 6.42. The molecule has 0 saturated heterocycles. The number of nitrogens with one attached hydrogen (secondary N) is 1. The van der Waals surface area contributed by atoms with Gasteiger partial charge in [-0.15, -0.1) is 10.2 Å². The van der Waals surface area contributed by atoms with E-state index in [1.807, 2.05) is 61.5 Å². The number of ether oxygens (including phenoxy) is 2. The molecular formula is C19H21N3O3S2. The Labute approximate surface area is 166 Å². The number of para-hydroxylation sites is 1. The van der Waals surface area contributed by atoms with Crippen molar-refractivity contribution >= 4 is 28.2 Å². The fourth-order valence-electron chi connectivity index (χ4n) is 2.13. The van der Waals surface area contributed by atoms with E-state index in [2.05, 4.69) is 15.5 Å². The lowest BCUT2D eigenvalue weighted by atomic mass is 10.3. The van der Waals surface area contributed by atoms with Gasteiger partial charge in [0, 0.05) is 12.3 Å². The van der Waals surface area contributed by atoms with Gasteiger partial charge in [0.1, 0.15) is 23.9 Å². The SMILES string of the molecule is CCNc1nnc(SCC(O)COc2ccc(Oc3ccccc3)cc2)s1. The van der Waals surface area contributed by atoms with E-state index in [1.54, 1.807) is 0 Å². The number of aromatic nitrogens is 2. The molecule has 0 spiro atoms. The normalized spacial score (nSPS) is 11.8. The molecule has 1 aromatic heterocycles. The van der Waals surface area contributed by atoms with Gasteiger partial charge in [0.05, 0.1) is 6.10 Å². The number of aliphatic hydroxyl groups is 1. The Kier molecular flexibility index (Phi) is 7.32. The zero-order valence-corrected chi connectivity index (χ0v) is 16.5. The lowest BCUT2D eigenvalue weighted by Crippen LogP contribution is -2.19. The van der Waals surface area contributed by atoms with E-state index < -0.39 is 6.10 Å². The fourth-order valence-corrected chi connectivity index (χ4v) is 3.88. The van der Waals surface area contributed by atoms with Crippen LogP contribution >= 0.6 is 23.1 Å². The van der Waals surface area contributed by atoms with E-state index >= 15 is 0 Å². The molecule has 0 bridgehead atoms. The van der Waals surface area contributed by atoms with Gasteiger partial charge in [0.2, 0.25) is 5.13 Å². The van der Waals surface area contributed by atoms with Crippen molar-refractivity contribution in [1.29, 1.82) is 0 Å². The van der Waals surface area contributed by atoms with Gasteiger partial charge in [-0.05, 0) is 43.3 Å². The Morgan fingerprint density at radius 2 is 1.74 bits per heavy atom. The number of rotatable bonds is 10. The first kappa shape index (κ1) is 19.5. The van der Waals surface area contributed by atoms with E-state index in [0.717, 1.165) is 27.5 Å². The van der Waals surface area contributed by atoms with Crippen molar-refractivity contribution in [3.05, 3.63) is 54.6 Å². The van der Waals surface area contributed by atoms with Crippen LogP contribution in [0.4, 0.5) is 5.13 Å². The van der Waals surface area contributed by atoms with E-state index in [1.165, 1.54) is 23.1 Å². The highest BCUT2D eigenvalue weighted by molar-refractivity contribution is 8.01. The van der Waals surface area contributed by atoms with Gasteiger partial charge in [-0.2, -0.15) is 0 Å². The number of anilines is 1. The van der Waals surface area contributed by atoms with Gasteiger partial charge in [0.15, 0.2) is 4.34 Å². The van der Waals surface area contributed by atoms with Gasteiger partial charge in [-0.3, -0.25) is 0 Å². The third-order valence-corrected chi connectivity index (χ3v) is 5.54. The summed E-state index contributed by atoms with van der Waals surface area (Å²) in [5.74, 6) is 2.70. The molecule has 2 N–H and O–H groups in total. The number of aliphatic hydroxyl groups excluding tert-OH is 1. The first-order valence-corrected chi connectivity index (χ1v) is 10.4. The van der Waals surface area contributed by atoms with Crippen molar-refractivity contribution in [2.24, 2.45) is 0 Å². The summed E-state index contributed by atoms with van der Waals surface area (Å²) in [6.45, 7) is 3.03. The molecule has 142 valence electrons. The Morgan fingerprint density at radius 3 is 2.48 bits per heavy atom. The van der Waals surface area contributed by atoms with Crippen LogP contribution in [0.2, 0.25) is 0 Å². The minimum atomic E-state index is -0.596. The predicted octanol–water partition coefficient (Wildman–Crippen LogP) is 4.29. The lowest BCUT2D eigenvalue weighted by Gasteiger charge is -2.12. The smallest absolute Gasteiger partial charge is 0.206 e. The van der Waals surface area contributed by atoms with Gasteiger partial charge < -0.3 is 19.9 Å². The van der Waals surface area contributed by atoms with Crippen molar-refractivity contribution in [2.45, 2.75) is 17.4 Å². The fraction of sp³-hybridized carbons (Fsp3) is 0.263. The Morgan fingerprint density at radius 1 is 1.04 bits per heavy atom. The molecule has 0 radical (unpaired) electrons. The maximum absolute atomic E-state index is 10.1. The summed E-state index contributed by atoms with van der Waals surface area (Å²) < 4.78 is 12.2. The number of hydrogen-bond acceptors (Lipinski definition) is 8. The lowest BCUT2D eigenvalue weighted by molar-refractivity contribution is 0.126. The second kappa shape index (κ2) is 10.1. The summed E-state index contributed by atoms with van der Waals surface area (Å²) in [5, 5.41) is 22.1. The largest absolute Gasteiger partial charge is 0.491 e. The summed E-state index contributed by atoms with van der Waals surface area (Å²) in [7, 11) is 0. The van der Waals surface area contributed by atoms with Crippen LogP contribution in [-0.4, -0.2) is 40.3 Å². The third-order valence-electron chi connectivity index (χ3n) is 3.38. The summed E-state index contributed by atoms with van der Waals surface area (Å²) >= 11 is 2.95. The molecule has 0 aliphatic carbocycles. The van der Waals surface area contributed by atoms with Crippen LogP contribution in [0.5, 0.6) is 17.2 Å². The molecule has 0 saturated carbocycles. The number of benzene rings is 2. The van der Waals surface area contributed by atoms with Crippen molar-refractivity contribution in [1.82, 2.24) is 10.2 Å². The molecule has 1 unspecified atom stereocenters. The zero-order chi connectivity index (χ0) is 18.9. The van der Waals surface area contributed by atoms with Crippen LogP contribution in [0.25, 0.3) is 0 Å². The quantitative estimate of drug-likeness (QED) is 0.489. The summed E-state index contributed by atoms with van der Waals surface area (Å²) in [4.78, 5) is 0. The molecule has 3 aromatic rings. The number of nitrogens with zero attached hydrogens (tertiary/aromatic N) is 2.